The summed E-state index contributed by atoms with van der Waals surface area (Å²) in [6, 6.07) is 7.65. The molecular formula is C19H17N5O2S. The third-order valence-corrected chi connectivity index (χ3v) is 6.05. The Morgan fingerprint density at radius 1 is 1.15 bits per heavy atom. The second-order valence-electron chi connectivity index (χ2n) is 6.80. The molecule has 1 saturated heterocycles. The molecule has 0 spiro atoms. The number of aromatic nitrogens is 4. The quantitative estimate of drug-likeness (QED) is 0.560. The number of benzene rings is 1. The first-order valence-electron chi connectivity index (χ1n) is 8.88. The Kier molecular flexibility index (Phi) is 3.78. The van der Waals surface area contributed by atoms with Crippen molar-refractivity contribution in [1.82, 2.24) is 24.8 Å². The van der Waals surface area contributed by atoms with E-state index in [4.69, 9.17) is 0 Å². The van der Waals surface area contributed by atoms with Gasteiger partial charge in [-0.15, -0.1) is 11.3 Å². The van der Waals surface area contributed by atoms with Gasteiger partial charge in [0, 0.05) is 24.8 Å². The predicted molar refractivity (Wildman–Crippen MR) is 104 cm³/mol. The fourth-order valence-corrected chi connectivity index (χ4v) is 4.58. The van der Waals surface area contributed by atoms with Gasteiger partial charge in [-0.3, -0.25) is 9.78 Å². The van der Waals surface area contributed by atoms with Gasteiger partial charge in [-0.2, -0.15) is 0 Å². The number of nitrogens with zero attached hydrogens (tertiary/aromatic N) is 3. The molecule has 0 atom stereocenters. The molecule has 0 saturated carbocycles. The minimum atomic E-state index is -0.240. The van der Waals surface area contributed by atoms with E-state index in [0.29, 0.717) is 30.2 Å². The fraction of sp³-hybridized carbons (Fsp3) is 0.263. The molecule has 1 aromatic carbocycles. The van der Waals surface area contributed by atoms with Crippen LogP contribution < -0.4 is 5.69 Å². The molecule has 1 aliphatic heterocycles. The molecule has 27 heavy (non-hydrogen) atoms. The van der Waals surface area contributed by atoms with Gasteiger partial charge in [-0.05, 0) is 48.6 Å². The lowest BCUT2D eigenvalue weighted by atomic mass is 9.89. The van der Waals surface area contributed by atoms with E-state index in [1.54, 1.807) is 23.0 Å². The summed E-state index contributed by atoms with van der Waals surface area (Å²) in [4.78, 5) is 40.4. The summed E-state index contributed by atoms with van der Waals surface area (Å²) in [7, 11) is 0. The van der Waals surface area contributed by atoms with Gasteiger partial charge in [0.15, 0.2) is 5.65 Å². The van der Waals surface area contributed by atoms with Crippen LogP contribution >= 0.6 is 11.3 Å². The second kappa shape index (κ2) is 6.31. The lowest BCUT2D eigenvalue weighted by Crippen LogP contribution is -2.38. The summed E-state index contributed by atoms with van der Waals surface area (Å²) >= 11 is 1.55. The fourth-order valence-electron chi connectivity index (χ4n) is 3.86. The second-order valence-corrected chi connectivity index (χ2v) is 7.69. The molecule has 0 radical (unpaired) electrons. The Balaban J connectivity index is 1.34. The molecule has 4 heterocycles. The van der Waals surface area contributed by atoms with Crippen LogP contribution in [0.25, 0.3) is 21.4 Å². The number of aromatic amines is 2. The highest BCUT2D eigenvalue weighted by Crippen LogP contribution is 2.31. The lowest BCUT2D eigenvalue weighted by molar-refractivity contribution is 0.0713. The zero-order valence-corrected chi connectivity index (χ0v) is 15.3. The number of amides is 1. The van der Waals surface area contributed by atoms with Crippen molar-refractivity contribution in [3.8, 4) is 0 Å². The normalized spacial score (nSPS) is 15.6. The number of pyridine rings is 1. The Morgan fingerprint density at radius 3 is 2.85 bits per heavy atom. The molecule has 2 N–H and O–H groups in total. The van der Waals surface area contributed by atoms with Crippen molar-refractivity contribution >= 4 is 38.6 Å². The molecule has 0 unspecified atom stereocenters. The van der Waals surface area contributed by atoms with Gasteiger partial charge in [0.05, 0.1) is 21.2 Å². The van der Waals surface area contributed by atoms with Crippen LogP contribution in [0, 0.1) is 0 Å². The van der Waals surface area contributed by atoms with E-state index in [0.717, 1.165) is 34.1 Å². The Hall–Kier alpha value is -3.00. The number of fused-ring (bicyclic) bond motifs is 2. The molecule has 136 valence electrons. The number of piperidine rings is 1. The Morgan fingerprint density at radius 2 is 2.00 bits per heavy atom. The Labute approximate surface area is 158 Å². The van der Waals surface area contributed by atoms with Crippen LogP contribution in [0.1, 0.15) is 34.7 Å². The van der Waals surface area contributed by atoms with E-state index in [9.17, 15) is 9.59 Å². The highest BCUT2D eigenvalue weighted by Gasteiger charge is 2.26. The van der Waals surface area contributed by atoms with Crippen molar-refractivity contribution < 1.29 is 4.79 Å². The maximum absolute atomic E-state index is 12.9. The van der Waals surface area contributed by atoms with Crippen molar-refractivity contribution in [2.24, 2.45) is 0 Å². The van der Waals surface area contributed by atoms with Gasteiger partial charge in [0.1, 0.15) is 0 Å². The largest absolute Gasteiger partial charge is 0.339 e. The first-order chi connectivity index (χ1) is 13.2. The number of carbonyl (C=O) groups is 1. The smallest absolute Gasteiger partial charge is 0.325 e. The predicted octanol–water partition coefficient (Wildman–Crippen LogP) is 2.88. The number of rotatable bonds is 2. The minimum Gasteiger partial charge on any atom is -0.339 e. The molecule has 4 aromatic rings. The highest BCUT2D eigenvalue weighted by atomic mass is 32.1. The maximum Gasteiger partial charge on any atom is 0.325 e. The van der Waals surface area contributed by atoms with Crippen molar-refractivity contribution in [2.45, 2.75) is 18.8 Å². The maximum atomic E-state index is 12.9. The van der Waals surface area contributed by atoms with Gasteiger partial charge in [0.2, 0.25) is 0 Å². The number of likely N-dealkylation sites (tertiary alicyclic amines) is 1. The van der Waals surface area contributed by atoms with Crippen LogP contribution in [0.15, 0.2) is 40.8 Å². The summed E-state index contributed by atoms with van der Waals surface area (Å²) in [5, 5.41) is 0. The monoisotopic (exact) mass is 379 g/mol. The minimum absolute atomic E-state index is 0.0682. The summed E-state index contributed by atoms with van der Waals surface area (Å²) in [5.74, 6) is 0.369. The lowest BCUT2D eigenvalue weighted by Gasteiger charge is -2.32. The molecule has 0 bridgehead atoms. The molecule has 5 rings (SSSR count). The van der Waals surface area contributed by atoms with Crippen molar-refractivity contribution in [3.05, 3.63) is 57.6 Å². The van der Waals surface area contributed by atoms with Gasteiger partial charge in [-0.1, -0.05) is 0 Å². The van der Waals surface area contributed by atoms with Crippen molar-refractivity contribution in [3.63, 3.8) is 0 Å². The van der Waals surface area contributed by atoms with Crippen LogP contribution in [-0.2, 0) is 0 Å². The number of hydrogen-bond donors (Lipinski definition) is 2. The van der Waals surface area contributed by atoms with Crippen LogP contribution in [0.2, 0.25) is 0 Å². The van der Waals surface area contributed by atoms with Gasteiger partial charge in [0.25, 0.3) is 5.91 Å². The number of hydrogen-bond acceptors (Lipinski definition) is 5. The molecule has 8 heteroatoms. The van der Waals surface area contributed by atoms with E-state index >= 15 is 0 Å². The SMILES string of the molecule is O=C(c1ccc2ncsc2c1)N1CCC(c2ccnc3[nH]c(=O)[nH]c23)CC1. The van der Waals surface area contributed by atoms with Crippen LogP contribution in [0.3, 0.4) is 0 Å². The highest BCUT2D eigenvalue weighted by molar-refractivity contribution is 7.16. The summed E-state index contributed by atoms with van der Waals surface area (Å²) in [6.45, 7) is 1.39. The van der Waals surface area contributed by atoms with Crippen LogP contribution in [-0.4, -0.2) is 43.8 Å². The van der Waals surface area contributed by atoms with E-state index in [1.165, 1.54) is 0 Å². The third kappa shape index (κ3) is 2.82. The number of thiazole rings is 1. The standard InChI is InChI=1S/C19H17N5O2S/c25-18(12-1-2-14-15(9-12)27-10-21-14)24-7-4-11(5-8-24)13-3-6-20-17-16(13)22-19(26)23-17/h1-3,6,9-11H,4-5,7-8H2,(H2,20,22,23,26). The zero-order chi connectivity index (χ0) is 18.4. The molecule has 0 aliphatic carbocycles. The first kappa shape index (κ1) is 16.2. The molecule has 3 aromatic heterocycles. The molecule has 7 nitrogen and oxygen atoms in total. The van der Waals surface area contributed by atoms with Gasteiger partial charge >= 0.3 is 5.69 Å². The average Bonchev–Trinajstić information content (AvgIpc) is 3.31. The van der Waals surface area contributed by atoms with Crippen LogP contribution in [0.5, 0.6) is 0 Å². The van der Waals surface area contributed by atoms with E-state index in [-0.39, 0.29) is 11.6 Å². The number of nitrogens with one attached hydrogen (secondary N) is 2. The van der Waals surface area contributed by atoms with Crippen LogP contribution in [0.4, 0.5) is 0 Å². The topological polar surface area (TPSA) is 94.7 Å². The Bertz CT molecular complexity index is 1200. The van der Waals surface area contributed by atoms with Gasteiger partial charge in [-0.25, -0.2) is 14.8 Å². The third-order valence-electron chi connectivity index (χ3n) is 5.25. The van der Waals surface area contributed by atoms with Gasteiger partial charge < -0.3 is 9.88 Å². The summed E-state index contributed by atoms with van der Waals surface area (Å²) < 4.78 is 1.03. The summed E-state index contributed by atoms with van der Waals surface area (Å²) in [5.41, 5.74) is 5.67. The molecule has 1 amide bonds. The van der Waals surface area contributed by atoms with E-state index in [1.807, 2.05) is 29.2 Å². The molecular weight excluding hydrogens is 362 g/mol. The van der Waals surface area contributed by atoms with E-state index < -0.39 is 0 Å². The molecule has 1 aliphatic rings. The number of H-pyrrole nitrogens is 2. The number of imidazole rings is 1. The number of carbonyl (C=O) groups excluding carboxylic acids is 1. The van der Waals surface area contributed by atoms with E-state index in [2.05, 4.69) is 19.9 Å². The average molecular weight is 379 g/mol. The molecule has 1 fully saturated rings. The van der Waals surface area contributed by atoms with Crippen molar-refractivity contribution in [2.75, 3.05) is 13.1 Å². The zero-order valence-electron chi connectivity index (χ0n) is 14.4. The van der Waals surface area contributed by atoms with Crippen molar-refractivity contribution in [1.29, 1.82) is 0 Å². The summed E-state index contributed by atoms with van der Waals surface area (Å²) in [6.07, 6.45) is 3.45. The first-order valence-corrected chi connectivity index (χ1v) is 9.76.